The van der Waals surface area contributed by atoms with Gasteiger partial charge in [0.15, 0.2) is 5.96 Å². The first-order valence-corrected chi connectivity index (χ1v) is 7.24. The van der Waals surface area contributed by atoms with E-state index in [-0.39, 0.29) is 24.0 Å². The number of ether oxygens (including phenoxy) is 1. The number of nitrogens with zero attached hydrogens (tertiary/aromatic N) is 1. The number of nitrogens with one attached hydrogen (secondary N) is 2. The monoisotopic (exact) mass is 375 g/mol. The van der Waals surface area contributed by atoms with Crippen LogP contribution in [0.25, 0.3) is 0 Å². The van der Waals surface area contributed by atoms with Gasteiger partial charge >= 0.3 is 0 Å². The fourth-order valence-corrected chi connectivity index (χ4v) is 1.66. The van der Waals surface area contributed by atoms with Crippen LogP contribution in [0.3, 0.4) is 0 Å². The Bertz CT molecular complexity index is 182. The van der Waals surface area contributed by atoms with E-state index in [0.29, 0.717) is 6.61 Å². The Morgan fingerprint density at radius 3 is 2.65 bits per heavy atom. The summed E-state index contributed by atoms with van der Waals surface area (Å²) in [6.07, 6.45) is 4.53. The number of guanidine groups is 1. The number of thioether (sulfide) groups is 1. The van der Waals surface area contributed by atoms with Crippen LogP contribution in [0, 0.1) is 0 Å². The molecule has 0 aliphatic rings. The van der Waals surface area contributed by atoms with E-state index >= 15 is 0 Å². The largest absolute Gasteiger partial charge is 0.383 e. The molecule has 4 nitrogen and oxygen atoms in total. The minimum Gasteiger partial charge on any atom is -0.383 e. The summed E-state index contributed by atoms with van der Waals surface area (Å²) in [6, 6.07) is 0. The topological polar surface area (TPSA) is 45.7 Å². The van der Waals surface area contributed by atoms with Crippen LogP contribution < -0.4 is 10.6 Å². The summed E-state index contributed by atoms with van der Waals surface area (Å²) in [5.74, 6) is 2.12. The fraction of sp³-hybridized carbons (Fsp3) is 0.909. The Kier molecular flexibility index (Phi) is 18.8. The number of hydrogen-bond acceptors (Lipinski definition) is 3. The molecule has 0 aromatic heterocycles. The summed E-state index contributed by atoms with van der Waals surface area (Å²) in [6.45, 7) is 5.36. The van der Waals surface area contributed by atoms with Gasteiger partial charge in [0.2, 0.25) is 0 Å². The molecule has 0 radical (unpaired) electrons. The van der Waals surface area contributed by atoms with Crippen molar-refractivity contribution in [1.29, 1.82) is 0 Å². The van der Waals surface area contributed by atoms with Gasteiger partial charge in [-0.25, -0.2) is 0 Å². The molecule has 0 aliphatic carbocycles. The number of rotatable bonds is 9. The SMILES string of the molecule is CCNC(=NCCCCSC)NCCOC.I. The number of unbranched alkanes of at least 4 members (excludes halogenated alkanes) is 1. The first-order chi connectivity index (χ1) is 7.85. The highest BCUT2D eigenvalue weighted by Gasteiger charge is 1.95. The molecule has 0 aliphatic heterocycles. The summed E-state index contributed by atoms with van der Waals surface area (Å²) in [7, 11) is 1.70. The van der Waals surface area contributed by atoms with Crippen LogP contribution in [0.4, 0.5) is 0 Å². The maximum atomic E-state index is 4.98. The van der Waals surface area contributed by atoms with E-state index in [1.54, 1.807) is 7.11 Å². The second kappa shape index (κ2) is 16.3. The van der Waals surface area contributed by atoms with Crippen molar-refractivity contribution in [2.45, 2.75) is 19.8 Å². The van der Waals surface area contributed by atoms with Gasteiger partial charge in [0.1, 0.15) is 0 Å². The molecule has 0 aromatic carbocycles. The predicted octanol–water partition coefficient (Wildman–Crippen LogP) is 1.95. The van der Waals surface area contributed by atoms with Crippen LogP contribution in [-0.2, 0) is 4.74 Å². The first kappa shape index (κ1) is 19.6. The number of halogens is 1. The van der Waals surface area contributed by atoms with Crippen LogP contribution in [0.1, 0.15) is 19.8 Å². The molecule has 0 saturated carbocycles. The standard InChI is InChI=1S/C11H25N3OS.HI/c1-4-12-11(14-8-9-15-2)13-7-5-6-10-16-3;/h4-10H2,1-3H3,(H2,12,13,14);1H. The van der Waals surface area contributed by atoms with E-state index in [1.165, 1.54) is 12.2 Å². The zero-order valence-corrected chi connectivity index (χ0v) is 14.3. The van der Waals surface area contributed by atoms with Crippen LogP contribution in [0.15, 0.2) is 4.99 Å². The van der Waals surface area contributed by atoms with Gasteiger partial charge in [-0.2, -0.15) is 11.8 Å². The van der Waals surface area contributed by atoms with Crippen LogP contribution in [-0.4, -0.2) is 51.3 Å². The van der Waals surface area contributed by atoms with E-state index in [2.05, 4.69) is 28.8 Å². The van der Waals surface area contributed by atoms with E-state index < -0.39 is 0 Å². The summed E-state index contributed by atoms with van der Waals surface area (Å²) < 4.78 is 4.98. The first-order valence-electron chi connectivity index (χ1n) is 5.85. The lowest BCUT2D eigenvalue weighted by atomic mass is 10.3. The van der Waals surface area contributed by atoms with Gasteiger partial charge in [-0.3, -0.25) is 4.99 Å². The Hall–Kier alpha value is 0.310. The lowest BCUT2D eigenvalue weighted by molar-refractivity contribution is 0.203. The third-order valence-corrected chi connectivity index (χ3v) is 2.67. The molecular formula is C11H26IN3OS. The van der Waals surface area contributed by atoms with Crippen molar-refractivity contribution in [2.75, 3.05) is 45.4 Å². The average molecular weight is 375 g/mol. The molecule has 104 valence electrons. The Labute approximate surface area is 127 Å². The maximum Gasteiger partial charge on any atom is 0.191 e. The van der Waals surface area contributed by atoms with Crippen molar-refractivity contribution in [3.8, 4) is 0 Å². The minimum atomic E-state index is 0. The van der Waals surface area contributed by atoms with Gasteiger partial charge in [-0.05, 0) is 31.8 Å². The molecule has 17 heavy (non-hydrogen) atoms. The van der Waals surface area contributed by atoms with Crippen LogP contribution in [0.2, 0.25) is 0 Å². The number of methoxy groups -OCH3 is 1. The molecule has 0 aromatic rings. The highest BCUT2D eigenvalue weighted by molar-refractivity contribution is 14.0. The van der Waals surface area contributed by atoms with Crippen LogP contribution >= 0.6 is 35.7 Å². The highest BCUT2D eigenvalue weighted by Crippen LogP contribution is 1.98. The molecule has 6 heteroatoms. The zero-order valence-electron chi connectivity index (χ0n) is 11.1. The molecular weight excluding hydrogens is 349 g/mol. The molecule has 0 unspecified atom stereocenters. The van der Waals surface area contributed by atoms with E-state index in [4.69, 9.17) is 4.74 Å². The van der Waals surface area contributed by atoms with Crippen molar-refractivity contribution in [3.05, 3.63) is 0 Å². The molecule has 0 amide bonds. The molecule has 0 saturated heterocycles. The molecule has 0 spiro atoms. The Morgan fingerprint density at radius 2 is 2.06 bits per heavy atom. The lowest BCUT2D eigenvalue weighted by Crippen LogP contribution is -2.39. The summed E-state index contributed by atoms with van der Waals surface area (Å²) in [4.78, 5) is 4.49. The minimum absolute atomic E-state index is 0. The number of aliphatic imine (C=N–C) groups is 1. The van der Waals surface area contributed by atoms with Gasteiger partial charge in [-0.15, -0.1) is 24.0 Å². The van der Waals surface area contributed by atoms with Gasteiger partial charge in [0.25, 0.3) is 0 Å². The quantitative estimate of drug-likeness (QED) is 0.280. The third kappa shape index (κ3) is 14.2. The van der Waals surface area contributed by atoms with Crippen molar-refractivity contribution in [3.63, 3.8) is 0 Å². The molecule has 0 bridgehead atoms. The lowest BCUT2D eigenvalue weighted by Gasteiger charge is -2.10. The van der Waals surface area contributed by atoms with Crippen LogP contribution in [0.5, 0.6) is 0 Å². The normalized spacial score (nSPS) is 10.9. The Balaban J connectivity index is 0. The molecule has 0 fully saturated rings. The number of hydrogen-bond donors (Lipinski definition) is 2. The summed E-state index contributed by atoms with van der Waals surface area (Å²) in [5.41, 5.74) is 0. The van der Waals surface area contributed by atoms with E-state index in [9.17, 15) is 0 Å². The summed E-state index contributed by atoms with van der Waals surface area (Å²) >= 11 is 1.89. The van der Waals surface area contributed by atoms with Gasteiger partial charge in [-0.1, -0.05) is 0 Å². The van der Waals surface area contributed by atoms with E-state index in [0.717, 1.165) is 32.0 Å². The van der Waals surface area contributed by atoms with Crippen molar-refractivity contribution >= 4 is 41.7 Å². The van der Waals surface area contributed by atoms with Crippen molar-refractivity contribution in [2.24, 2.45) is 4.99 Å². The van der Waals surface area contributed by atoms with Gasteiger partial charge < -0.3 is 15.4 Å². The highest BCUT2D eigenvalue weighted by atomic mass is 127. The average Bonchev–Trinajstić information content (AvgIpc) is 2.29. The Morgan fingerprint density at radius 1 is 1.29 bits per heavy atom. The molecule has 0 rings (SSSR count). The second-order valence-electron chi connectivity index (χ2n) is 3.38. The van der Waals surface area contributed by atoms with E-state index in [1.807, 2.05) is 11.8 Å². The molecule has 2 N–H and O–H groups in total. The zero-order chi connectivity index (χ0) is 12.1. The van der Waals surface area contributed by atoms with Gasteiger partial charge in [0, 0.05) is 26.7 Å². The molecule has 0 heterocycles. The van der Waals surface area contributed by atoms with Crippen molar-refractivity contribution in [1.82, 2.24) is 10.6 Å². The molecule has 0 atom stereocenters. The smallest absolute Gasteiger partial charge is 0.191 e. The van der Waals surface area contributed by atoms with Crippen molar-refractivity contribution < 1.29 is 4.74 Å². The fourth-order valence-electron chi connectivity index (χ4n) is 1.16. The predicted molar refractivity (Wildman–Crippen MR) is 88.9 cm³/mol. The second-order valence-corrected chi connectivity index (χ2v) is 4.37. The van der Waals surface area contributed by atoms with Gasteiger partial charge in [0.05, 0.1) is 6.61 Å². The third-order valence-electron chi connectivity index (χ3n) is 1.97. The summed E-state index contributed by atoms with van der Waals surface area (Å²) in [5, 5.41) is 6.43. The maximum absolute atomic E-state index is 4.98.